The van der Waals surface area contributed by atoms with Crippen molar-refractivity contribution < 1.29 is 14.3 Å². The van der Waals surface area contributed by atoms with E-state index >= 15 is 0 Å². The third-order valence-electron chi connectivity index (χ3n) is 2.93. The predicted octanol–water partition coefficient (Wildman–Crippen LogP) is 0.443. The van der Waals surface area contributed by atoms with Crippen molar-refractivity contribution in [3.8, 4) is 0 Å². The van der Waals surface area contributed by atoms with Gasteiger partial charge in [0.1, 0.15) is 11.8 Å². The molecule has 106 valence electrons. The fraction of sp³-hybridized carbons (Fsp3) is 0.308. The summed E-state index contributed by atoms with van der Waals surface area (Å²) in [5.41, 5.74) is 0.365. The molecule has 0 saturated carbocycles. The molecule has 2 aromatic heterocycles. The van der Waals surface area contributed by atoms with Crippen LogP contribution in [0.15, 0.2) is 27.6 Å². The molecule has 0 fully saturated rings. The summed E-state index contributed by atoms with van der Waals surface area (Å²) in [6.07, 6.45) is 1.44. The minimum atomic E-state index is -0.722. The third-order valence-corrected chi connectivity index (χ3v) is 2.93. The lowest BCUT2D eigenvalue weighted by Gasteiger charge is -2.13. The highest BCUT2D eigenvalue weighted by molar-refractivity contribution is 5.92. The molecule has 0 spiro atoms. The number of furan rings is 1. The highest BCUT2D eigenvalue weighted by Crippen LogP contribution is 2.12. The highest BCUT2D eigenvalue weighted by Gasteiger charge is 2.20. The van der Waals surface area contributed by atoms with Gasteiger partial charge in [-0.2, -0.15) is 0 Å². The lowest BCUT2D eigenvalue weighted by atomic mass is 10.2. The van der Waals surface area contributed by atoms with Gasteiger partial charge in [0.25, 0.3) is 11.5 Å². The number of aryl methyl sites for hydroxylation is 2. The SMILES string of the molecule is Cc1nc(C(=O)NC(CO)c2ccco2)c(=O)[nH]c1C. The molecule has 0 saturated heterocycles. The van der Waals surface area contributed by atoms with Crippen molar-refractivity contribution in [2.24, 2.45) is 0 Å². The van der Waals surface area contributed by atoms with Crippen LogP contribution >= 0.6 is 0 Å². The summed E-state index contributed by atoms with van der Waals surface area (Å²) < 4.78 is 5.12. The van der Waals surface area contributed by atoms with Crippen LogP contribution in [-0.4, -0.2) is 27.6 Å². The molecule has 3 N–H and O–H groups in total. The lowest BCUT2D eigenvalue weighted by Crippen LogP contribution is -2.35. The number of aromatic nitrogens is 2. The predicted molar refractivity (Wildman–Crippen MR) is 70.3 cm³/mol. The summed E-state index contributed by atoms with van der Waals surface area (Å²) in [6, 6.07) is 2.55. The quantitative estimate of drug-likeness (QED) is 0.751. The Hall–Kier alpha value is -2.41. The van der Waals surface area contributed by atoms with E-state index in [1.54, 1.807) is 26.0 Å². The van der Waals surface area contributed by atoms with E-state index in [0.29, 0.717) is 17.1 Å². The average Bonchev–Trinajstić information content (AvgIpc) is 2.93. The Morgan fingerprint density at radius 2 is 2.30 bits per heavy atom. The van der Waals surface area contributed by atoms with Crippen LogP contribution in [0.4, 0.5) is 0 Å². The highest BCUT2D eigenvalue weighted by atomic mass is 16.3. The molecule has 0 radical (unpaired) electrons. The van der Waals surface area contributed by atoms with Gasteiger partial charge in [-0.15, -0.1) is 0 Å². The Morgan fingerprint density at radius 3 is 2.90 bits per heavy atom. The normalized spacial score (nSPS) is 12.2. The summed E-state index contributed by atoms with van der Waals surface area (Å²) in [5.74, 6) is -0.258. The zero-order valence-corrected chi connectivity index (χ0v) is 11.1. The van der Waals surface area contributed by atoms with Gasteiger partial charge in [0.15, 0.2) is 5.69 Å². The standard InChI is InChI=1S/C13H15N3O4/c1-7-8(2)15-12(18)11(14-7)13(19)16-9(6-17)10-4-3-5-20-10/h3-5,9,17H,6H2,1-2H3,(H,15,18)(H,16,19). The van der Waals surface area contributed by atoms with Gasteiger partial charge in [-0.1, -0.05) is 0 Å². The van der Waals surface area contributed by atoms with E-state index in [4.69, 9.17) is 4.42 Å². The maximum atomic E-state index is 12.0. The number of nitrogens with zero attached hydrogens (tertiary/aromatic N) is 1. The van der Waals surface area contributed by atoms with Gasteiger partial charge < -0.3 is 19.8 Å². The number of amides is 1. The van der Waals surface area contributed by atoms with Crippen LogP contribution in [0, 0.1) is 13.8 Å². The molecule has 2 heterocycles. The molecule has 1 amide bonds. The maximum Gasteiger partial charge on any atom is 0.279 e. The van der Waals surface area contributed by atoms with Crippen LogP contribution in [0.25, 0.3) is 0 Å². The number of carbonyl (C=O) groups excluding carboxylic acids is 1. The van der Waals surface area contributed by atoms with E-state index in [9.17, 15) is 14.7 Å². The fourth-order valence-corrected chi connectivity index (χ4v) is 1.70. The number of nitrogens with one attached hydrogen (secondary N) is 2. The molecule has 0 bridgehead atoms. The molecule has 7 nitrogen and oxygen atoms in total. The number of aliphatic hydroxyl groups excluding tert-OH is 1. The Kier molecular flexibility index (Phi) is 3.99. The number of H-pyrrole nitrogens is 1. The topological polar surface area (TPSA) is 108 Å². The van der Waals surface area contributed by atoms with Crippen molar-refractivity contribution in [3.63, 3.8) is 0 Å². The summed E-state index contributed by atoms with van der Waals surface area (Å²) >= 11 is 0. The van der Waals surface area contributed by atoms with Crippen LogP contribution in [0.5, 0.6) is 0 Å². The fourth-order valence-electron chi connectivity index (χ4n) is 1.70. The molecule has 0 aliphatic heterocycles. The monoisotopic (exact) mass is 277 g/mol. The lowest BCUT2D eigenvalue weighted by molar-refractivity contribution is 0.0900. The molecular formula is C13H15N3O4. The van der Waals surface area contributed by atoms with Crippen molar-refractivity contribution in [1.82, 2.24) is 15.3 Å². The Labute approximate surface area is 114 Å². The second-order valence-electron chi connectivity index (χ2n) is 4.35. The Morgan fingerprint density at radius 1 is 1.55 bits per heavy atom. The number of hydrogen-bond acceptors (Lipinski definition) is 5. The van der Waals surface area contributed by atoms with Crippen LogP contribution in [0.1, 0.15) is 33.7 Å². The van der Waals surface area contributed by atoms with Gasteiger partial charge in [0.05, 0.1) is 18.6 Å². The first kappa shape index (κ1) is 14.0. The number of hydrogen-bond donors (Lipinski definition) is 3. The summed E-state index contributed by atoms with van der Waals surface area (Å²) in [7, 11) is 0. The average molecular weight is 277 g/mol. The number of aliphatic hydroxyl groups is 1. The van der Waals surface area contributed by atoms with E-state index in [0.717, 1.165) is 0 Å². The molecule has 0 aliphatic rings. The maximum absolute atomic E-state index is 12.0. The summed E-state index contributed by atoms with van der Waals surface area (Å²) in [4.78, 5) is 30.3. The van der Waals surface area contributed by atoms with E-state index in [1.165, 1.54) is 6.26 Å². The van der Waals surface area contributed by atoms with Crippen molar-refractivity contribution in [3.05, 3.63) is 51.6 Å². The first-order chi connectivity index (χ1) is 9.52. The van der Waals surface area contributed by atoms with Gasteiger partial charge in [-0.3, -0.25) is 9.59 Å². The van der Waals surface area contributed by atoms with Gasteiger partial charge in [0.2, 0.25) is 0 Å². The minimum Gasteiger partial charge on any atom is -0.467 e. The number of carbonyl (C=O) groups is 1. The first-order valence-corrected chi connectivity index (χ1v) is 6.05. The second-order valence-corrected chi connectivity index (χ2v) is 4.35. The van der Waals surface area contributed by atoms with E-state index in [2.05, 4.69) is 15.3 Å². The molecule has 2 aromatic rings. The van der Waals surface area contributed by atoms with Crippen molar-refractivity contribution >= 4 is 5.91 Å². The third kappa shape index (κ3) is 2.77. The van der Waals surface area contributed by atoms with E-state index in [-0.39, 0.29) is 12.3 Å². The zero-order valence-electron chi connectivity index (χ0n) is 11.1. The first-order valence-electron chi connectivity index (χ1n) is 6.05. The number of rotatable bonds is 4. The van der Waals surface area contributed by atoms with Crippen LogP contribution in [0.3, 0.4) is 0 Å². The Balaban J connectivity index is 2.24. The van der Waals surface area contributed by atoms with Crippen LogP contribution < -0.4 is 10.9 Å². The van der Waals surface area contributed by atoms with Gasteiger partial charge >= 0.3 is 0 Å². The summed E-state index contributed by atoms with van der Waals surface area (Å²) in [6.45, 7) is 3.05. The molecule has 2 rings (SSSR count). The van der Waals surface area contributed by atoms with Crippen molar-refractivity contribution in [1.29, 1.82) is 0 Å². The second kappa shape index (κ2) is 5.70. The molecule has 7 heteroatoms. The van der Waals surface area contributed by atoms with Gasteiger partial charge in [0, 0.05) is 5.69 Å². The van der Waals surface area contributed by atoms with Crippen LogP contribution in [0.2, 0.25) is 0 Å². The summed E-state index contributed by atoms with van der Waals surface area (Å²) in [5, 5.41) is 11.8. The molecule has 1 unspecified atom stereocenters. The largest absolute Gasteiger partial charge is 0.467 e. The zero-order chi connectivity index (χ0) is 14.7. The van der Waals surface area contributed by atoms with Crippen molar-refractivity contribution in [2.45, 2.75) is 19.9 Å². The van der Waals surface area contributed by atoms with Gasteiger partial charge in [-0.05, 0) is 26.0 Å². The molecule has 0 aromatic carbocycles. The molecule has 1 atom stereocenters. The van der Waals surface area contributed by atoms with E-state index in [1.807, 2.05) is 0 Å². The Bertz CT molecular complexity index is 661. The number of aromatic amines is 1. The van der Waals surface area contributed by atoms with Gasteiger partial charge in [-0.25, -0.2) is 4.98 Å². The molecule has 20 heavy (non-hydrogen) atoms. The minimum absolute atomic E-state index is 0.238. The van der Waals surface area contributed by atoms with Crippen LogP contribution in [-0.2, 0) is 0 Å². The molecule has 0 aliphatic carbocycles. The smallest absolute Gasteiger partial charge is 0.279 e. The molecular weight excluding hydrogens is 262 g/mol. The van der Waals surface area contributed by atoms with E-state index < -0.39 is 17.5 Å². The van der Waals surface area contributed by atoms with Crippen molar-refractivity contribution in [2.75, 3.05) is 6.61 Å².